The molecule has 21 heavy (non-hydrogen) atoms. The zero-order valence-electron chi connectivity index (χ0n) is 13.1. The van der Waals surface area contributed by atoms with Crippen LogP contribution in [0.4, 0.5) is 0 Å². The van der Waals surface area contributed by atoms with Gasteiger partial charge in [-0.1, -0.05) is 12.1 Å². The third-order valence-corrected chi connectivity index (χ3v) is 3.40. The summed E-state index contributed by atoms with van der Waals surface area (Å²) in [5, 5.41) is 12.3. The Morgan fingerprint density at radius 3 is 2.71 bits per heavy atom. The van der Waals surface area contributed by atoms with Crippen molar-refractivity contribution in [1.29, 1.82) is 0 Å². The molecule has 1 aromatic rings. The van der Waals surface area contributed by atoms with E-state index in [4.69, 9.17) is 9.84 Å². The van der Waals surface area contributed by atoms with Crippen LogP contribution in [0.15, 0.2) is 24.3 Å². The Balaban J connectivity index is 2.16. The molecule has 0 atom stereocenters. The fourth-order valence-electron chi connectivity index (χ4n) is 1.84. The maximum Gasteiger partial charge on any atom is 0.339 e. The minimum Gasteiger partial charge on any atom is -0.491 e. The highest BCUT2D eigenvalue weighted by Crippen LogP contribution is 2.17. The van der Waals surface area contributed by atoms with E-state index >= 15 is 0 Å². The maximum absolute atomic E-state index is 11.0. The van der Waals surface area contributed by atoms with E-state index in [-0.39, 0.29) is 5.56 Å². The van der Waals surface area contributed by atoms with Crippen molar-refractivity contribution in [3.8, 4) is 5.75 Å². The van der Waals surface area contributed by atoms with E-state index < -0.39 is 5.97 Å². The third-order valence-electron chi connectivity index (χ3n) is 3.40. The Bertz CT molecular complexity index is 435. The normalized spacial score (nSPS) is 11.1. The third kappa shape index (κ3) is 6.60. The van der Waals surface area contributed by atoms with Crippen LogP contribution in [0, 0.1) is 0 Å². The molecule has 0 radical (unpaired) electrons. The zero-order chi connectivity index (χ0) is 15.7. The highest BCUT2D eigenvalue weighted by atomic mass is 16.5. The molecular formula is C16H26N2O3. The second kappa shape index (κ2) is 9.37. The van der Waals surface area contributed by atoms with E-state index in [1.165, 1.54) is 0 Å². The minimum atomic E-state index is -0.963. The van der Waals surface area contributed by atoms with Gasteiger partial charge in [-0.15, -0.1) is 0 Å². The summed E-state index contributed by atoms with van der Waals surface area (Å²) in [5.41, 5.74) is 0.205. The lowest BCUT2D eigenvalue weighted by Gasteiger charge is -2.20. The molecule has 0 unspecified atom stereocenters. The first kappa shape index (κ1) is 17.5. The van der Waals surface area contributed by atoms with Crippen molar-refractivity contribution in [3.63, 3.8) is 0 Å². The van der Waals surface area contributed by atoms with Crippen molar-refractivity contribution in [2.24, 2.45) is 0 Å². The van der Waals surface area contributed by atoms with Crippen molar-refractivity contribution in [2.75, 3.05) is 33.3 Å². The van der Waals surface area contributed by atoms with Crippen LogP contribution >= 0.6 is 0 Å². The molecule has 0 spiro atoms. The molecule has 0 bridgehead atoms. The molecule has 0 amide bonds. The molecule has 5 nitrogen and oxygen atoms in total. The van der Waals surface area contributed by atoms with Gasteiger partial charge < -0.3 is 20.1 Å². The highest BCUT2D eigenvalue weighted by Gasteiger charge is 2.09. The number of benzene rings is 1. The number of carboxylic acid groups (broad SMARTS) is 1. The Morgan fingerprint density at radius 2 is 2.05 bits per heavy atom. The standard InChI is InChI=1S/C16H26N2O3/c1-13(2)18(3)11-6-9-17-10-12-21-15-8-5-4-7-14(15)16(19)20/h4-5,7-8,13,17H,6,9-12H2,1-3H3,(H,19,20). The lowest BCUT2D eigenvalue weighted by molar-refractivity contribution is 0.0692. The van der Waals surface area contributed by atoms with E-state index in [1.807, 2.05) is 0 Å². The van der Waals surface area contributed by atoms with Gasteiger partial charge in [-0.3, -0.25) is 0 Å². The predicted octanol–water partition coefficient (Wildman–Crippen LogP) is 2.08. The first-order valence-corrected chi connectivity index (χ1v) is 7.38. The van der Waals surface area contributed by atoms with Crippen LogP contribution in [0.25, 0.3) is 0 Å². The van der Waals surface area contributed by atoms with E-state index in [2.05, 4.69) is 31.1 Å². The molecule has 1 rings (SSSR count). The summed E-state index contributed by atoms with van der Waals surface area (Å²) < 4.78 is 5.51. The lowest BCUT2D eigenvalue weighted by Crippen LogP contribution is -2.30. The van der Waals surface area contributed by atoms with Gasteiger partial charge >= 0.3 is 5.97 Å². The van der Waals surface area contributed by atoms with Gasteiger partial charge in [0.2, 0.25) is 0 Å². The van der Waals surface area contributed by atoms with Gasteiger partial charge in [0, 0.05) is 12.6 Å². The number of aromatic carboxylic acids is 1. The van der Waals surface area contributed by atoms with Gasteiger partial charge in [-0.25, -0.2) is 4.79 Å². The largest absolute Gasteiger partial charge is 0.491 e. The number of nitrogens with one attached hydrogen (secondary N) is 1. The fraction of sp³-hybridized carbons (Fsp3) is 0.562. The molecule has 0 aliphatic heterocycles. The number of carbonyl (C=O) groups is 1. The van der Waals surface area contributed by atoms with Crippen molar-refractivity contribution in [2.45, 2.75) is 26.3 Å². The molecule has 0 aliphatic carbocycles. The first-order valence-electron chi connectivity index (χ1n) is 7.38. The van der Waals surface area contributed by atoms with Crippen molar-refractivity contribution in [3.05, 3.63) is 29.8 Å². The van der Waals surface area contributed by atoms with E-state index in [0.29, 0.717) is 24.9 Å². The van der Waals surface area contributed by atoms with Gasteiger partial charge in [-0.05, 0) is 52.5 Å². The lowest BCUT2D eigenvalue weighted by atomic mass is 10.2. The van der Waals surface area contributed by atoms with Crippen LogP contribution in [0.1, 0.15) is 30.6 Å². The van der Waals surface area contributed by atoms with E-state index in [1.54, 1.807) is 24.3 Å². The molecule has 2 N–H and O–H groups in total. The van der Waals surface area contributed by atoms with Crippen molar-refractivity contribution < 1.29 is 14.6 Å². The topological polar surface area (TPSA) is 61.8 Å². The van der Waals surface area contributed by atoms with Gasteiger partial charge in [0.25, 0.3) is 0 Å². The number of hydrogen-bond acceptors (Lipinski definition) is 4. The molecule has 0 fully saturated rings. The summed E-state index contributed by atoms with van der Waals surface area (Å²) in [6.45, 7) is 7.53. The predicted molar refractivity (Wildman–Crippen MR) is 84.1 cm³/mol. The molecule has 0 aliphatic rings. The van der Waals surface area contributed by atoms with Crippen LogP contribution in [0.3, 0.4) is 0 Å². The van der Waals surface area contributed by atoms with Crippen LogP contribution in [0.5, 0.6) is 5.75 Å². The SMILES string of the molecule is CC(C)N(C)CCCNCCOc1ccccc1C(=O)O. The second-order valence-corrected chi connectivity index (χ2v) is 5.33. The fourth-order valence-corrected chi connectivity index (χ4v) is 1.84. The second-order valence-electron chi connectivity index (χ2n) is 5.33. The van der Waals surface area contributed by atoms with Crippen LogP contribution in [0.2, 0.25) is 0 Å². The Morgan fingerprint density at radius 1 is 1.33 bits per heavy atom. The van der Waals surface area contributed by atoms with Gasteiger partial charge in [0.1, 0.15) is 17.9 Å². The molecule has 0 heterocycles. The summed E-state index contributed by atoms with van der Waals surface area (Å²) in [7, 11) is 2.12. The smallest absolute Gasteiger partial charge is 0.339 e. The van der Waals surface area contributed by atoms with Gasteiger partial charge in [-0.2, -0.15) is 0 Å². The molecular weight excluding hydrogens is 268 g/mol. The van der Waals surface area contributed by atoms with E-state index in [9.17, 15) is 4.79 Å². The van der Waals surface area contributed by atoms with Crippen molar-refractivity contribution >= 4 is 5.97 Å². The number of para-hydroxylation sites is 1. The monoisotopic (exact) mass is 294 g/mol. The molecule has 0 saturated carbocycles. The molecule has 0 saturated heterocycles. The molecule has 0 aromatic heterocycles. The Kier molecular flexibility index (Phi) is 7.79. The zero-order valence-corrected chi connectivity index (χ0v) is 13.1. The number of nitrogens with zero attached hydrogens (tertiary/aromatic N) is 1. The average Bonchev–Trinajstić information content (AvgIpc) is 2.46. The van der Waals surface area contributed by atoms with Crippen LogP contribution < -0.4 is 10.1 Å². The summed E-state index contributed by atoms with van der Waals surface area (Å²) in [6.07, 6.45) is 1.08. The van der Waals surface area contributed by atoms with Crippen molar-refractivity contribution in [1.82, 2.24) is 10.2 Å². The van der Waals surface area contributed by atoms with Gasteiger partial charge in [0.05, 0.1) is 0 Å². The quantitative estimate of drug-likeness (QED) is 0.647. The maximum atomic E-state index is 11.0. The Labute approximate surface area is 126 Å². The number of hydrogen-bond donors (Lipinski definition) is 2. The number of rotatable bonds is 10. The highest BCUT2D eigenvalue weighted by molar-refractivity contribution is 5.90. The van der Waals surface area contributed by atoms with Crippen LogP contribution in [-0.4, -0.2) is 55.3 Å². The summed E-state index contributed by atoms with van der Waals surface area (Å²) in [4.78, 5) is 13.3. The number of ether oxygens (including phenoxy) is 1. The van der Waals surface area contributed by atoms with Gasteiger partial charge in [0.15, 0.2) is 0 Å². The average molecular weight is 294 g/mol. The summed E-state index contributed by atoms with van der Waals surface area (Å²) in [6, 6.07) is 7.27. The number of carboxylic acids is 1. The Hall–Kier alpha value is -1.59. The first-order chi connectivity index (χ1) is 10.0. The van der Waals surface area contributed by atoms with E-state index in [0.717, 1.165) is 19.5 Å². The molecule has 1 aromatic carbocycles. The molecule has 5 heteroatoms. The summed E-state index contributed by atoms with van der Waals surface area (Å²) >= 11 is 0. The minimum absolute atomic E-state index is 0.205. The van der Waals surface area contributed by atoms with Crippen LogP contribution in [-0.2, 0) is 0 Å². The molecule has 118 valence electrons. The summed E-state index contributed by atoms with van der Waals surface area (Å²) in [5.74, 6) is -0.540.